The zero-order chi connectivity index (χ0) is 12.1. The summed E-state index contributed by atoms with van der Waals surface area (Å²) in [5.74, 6) is 0. The van der Waals surface area contributed by atoms with Gasteiger partial charge >= 0.3 is 0 Å². The molecule has 0 spiro atoms. The van der Waals surface area contributed by atoms with E-state index in [1.54, 1.807) is 0 Å². The highest BCUT2D eigenvalue weighted by molar-refractivity contribution is 5.99. The van der Waals surface area contributed by atoms with Gasteiger partial charge in [-0.2, -0.15) is 5.10 Å². The van der Waals surface area contributed by atoms with Gasteiger partial charge in [-0.05, 0) is 30.7 Å². The summed E-state index contributed by atoms with van der Waals surface area (Å²) in [4.78, 5) is 0. The molecule has 0 saturated carbocycles. The van der Waals surface area contributed by atoms with Gasteiger partial charge in [-0.25, -0.2) is 0 Å². The van der Waals surface area contributed by atoms with Gasteiger partial charge in [-0.3, -0.25) is 5.43 Å². The highest BCUT2D eigenvalue weighted by Gasteiger charge is 1.95. The van der Waals surface area contributed by atoms with Gasteiger partial charge in [0.1, 0.15) is 0 Å². The average molecular weight is 225 g/mol. The average Bonchev–Trinajstić information content (AvgIpc) is 2.37. The maximum Gasteiger partial charge on any atom is 0.0648 e. The lowest BCUT2D eigenvalue weighted by atomic mass is 10.1. The third-order valence-corrected chi connectivity index (χ3v) is 2.43. The molecule has 0 aliphatic heterocycles. The predicted molar refractivity (Wildman–Crippen MR) is 73.1 cm³/mol. The van der Waals surface area contributed by atoms with E-state index in [4.69, 9.17) is 5.73 Å². The molecule has 3 nitrogen and oxygen atoms in total. The summed E-state index contributed by atoms with van der Waals surface area (Å²) in [6, 6.07) is 17.6. The van der Waals surface area contributed by atoms with E-state index in [1.807, 2.05) is 61.5 Å². The van der Waals surface area contributed by atoms with Crippen LogP contribution < -0.4 is 11.2 Å². The minimum Gasteiger partial charge on any atom is -0.399 e. The first-order valence-corrected chi connectivity index (χ1v) is 5.47. The third kappa shape index (κ3) is 3.08. The monoisotopic (exact) mass is 225 g/mol. The van der Waals surface area contributed by atoms with Crippen molar-refractivity contribution in [1.29, 1.82) is 0 Å². The van der Waals surface area contributed by atoms with Crippen molar-refractivity contribution in [2.24, 2.45) is 5.10 Å². The van der Waals surface area contributed by atoms with Gasteiger partial charge in [-0.15, -0.1) is 0 Å². The lowest BCUT2D eigenvalue weighted by Crippen LogP contribution is -1.99. The van der Waals surface area contributed by atoms with E-state index in [-0.39, 0.29) is 0 Å². The Morgan fingerprint density at radius 3 is 2.53 bits per heavy atom. The zero-order valence-electron chi connectivity index (χ0n) is 9.72. The van der Waals surface area contributed by atoms with Gasteiger partial charge in [-0.1, -0.05) is 36.4 Å². The Kier molecular flexibility index (Phi) is 3.40. The fraction of sp³-hybridized carbons (Fsp3) is 0.0714. The van der Waals surface area contributed by atoms with Crippen LogP contribution in [0.3, 0.4) is 0 Å². The van der Waals surface area contributed by atoms with Gasteiger partial charge < -0.3 is 5.73 Å². The molecule has 0 aromatic heterocycles. The molecule has 3 N–H and O–H groups in total. The SMILES string of the molecule is CC(=NNc1cccc(N)c1)c1ccccc1. The Labute approximate surface area is 101 Å². The first-order valence-electron chi connectivity index (χ1n) is 5.47. The summed E-state index contributed by atoms with van der Waals surface area (Å²) in [7, 11) is 0. The number of benzene rings is 2. The Bertz CT molecular complexity index is 518. The summed E-state index contributed by atoms with van der Waals surface area (Å²) in [5, 5.41) is 4.32. The first kappa shape index (κ1) is 11.2. The molecule has 2 rings (SSSR count). The second-order valence-electron chi connectivity index (χ2n) is 3.80. The van der Waals surface area contributed by atoms with E-state index < -0.39 is 0 Å². The molecule has 0 radical (unpaired) electrons. The molecule has 86 valence electrons. The Morgan fingerprint density at radius 2 is 1.82 bits per heavy atom. The third-order valence-electron chi connectivity index (χ3n) is 2.43. The van der Waals surface area contributed by atoms with Crippen LogP contribution in [0.2, 0.25) is 0 Å². The highest BCUT2D eigenvalue weighted by atomic mass is 15.3. The van der Waals surface area contributed by atoms with Gasteiger partial charge in [0.2, 0.25) is 0 Å². The number of nitrogens with zero attached hydrogens (tertiary/aromatic N) is 1. The molecule has 0 heterocycles. The zero-order valence-corrected chi connectivity index (χ0v) is 9.72. The van der Waals surface area contributed by atoms with E-state index in [0.29, 0.717) is 0 Å². The molecule has 0 bridgehead atoms. The molecule has 0 atom stereocenters. The molecular formula is C14H15N3. The van der Waals surface area contributed by atoms with Crippen LogP contribution in [-0.2, 0) is 0 Å². The number of hydrogen-bond donors (Lipinski definition) is 2. The maximum absolute atomic E-state index is 5.69. The van der Waals surface area contributed by atoms with Crippen molar-refractivity contribution in [2.45, 2.75) is 6.92 Å². The number of nitrogens with two attached hydrogens (primary N) is 1. The first-order chi connectivity index (χ1) is 8.25. The number of rotatable bonds is 3. The van der Waals surface area contributed by atoms with Gasteiger partial charge in [0.15, 0.2) is 0 Å². The fourth-order valence-electron chi connectivity index (χ4n) is 1.50. The number of anilines is 2. The molecule has 0 saturated heterocycles. The van der Waals surface area contributed by atoms with Gasteiger partial charge in [0, 0.05) is 5.69 Å². The lowest BCUT2D eigenvalue weighted by molar-refractivity contribution is 1.32. The van der Waals surface area contributed by atoms with E-state index in [9.17, 15) is 0 Å². The number of hydrazone groups is 1. The Balaban J connectivity index is 2.11. The van der Waals surface area contributed by atoms with Crippen molar-refractivity contribution in [3.63, 3.8) is 0 Å². The smallest absolute Gasteiger partial charge is 0.0648 e. The van der Waals surface area contributed by atoms with E-state index in [2.05, 4.69) is 10.5 Å². The second-order valence-corrected chi connectivity index (χ2v) is 3.80. The normalized spacial score (nSPS) is 11.2. The number of hydrogen-bond acceptors (Lipinski definition) is 3. The quantitative estimate of drug-likeness (QED) is 0.479. The molecule has 2 aromatic rings. The van der Waals surface area contributed by atoms with Crippen LogP contribution in [0, 0.1) is 0 Å². The Morgan fingerprint density at radius 1 is 1.06 bits per heavy atom. The van der Waals surface area contributed by atoms with E-state index in [1.165, 1.54) is 0 Å². The van der Waals surface area contributed by atoms with Crippen LogP contribution in [0.5, 0.6) is 0 Å². The number of nitrogen functional groups attached to an aromatic ring is 1. The molecule has 0 amide bonds. The highest BCUT2D eigenvalue weighted by Crippen LogP contribution is 2.12. The molecule has 17 heavy (non-hydrogen) atoms. The van der Waals surface area contributed by atoms with Crippen molar-refractivity contribution in [2.75, 3.05) is 11.2 Å². The second kappa shape index (κ2) is 5.16. The van der Waals surface area contributed by atoms with Crippen molar-refractivity contribution in [3.05, 3.63) is 60.2 Å². The molecule has 2 aromatic carbocycles. The van der Waals surface area contributed by atoms with Crippen LogP contribution in [0.1, 0.15) is 12.5 Å². The maximum atomic E-state index is 5.69. The molecule has 0 unspecified atom stereocenters. The molecule has 0 aliphatic carbocycles. The molecular weight excluding hydrogens is 210 g/mol. The largest absolute Gasteiger partial charge is 0.399 e. The van der Waals surface area contributed by atoms with Crippen molar-refractivity contribution in [3.8, 4) is 0 Å². The van der Waals surface area contributed by atoms with Crippen LogP contribution in [0.25, 0.3) is 0 Å². The fourth-order valence-corrected chi connectivity index (χ4v) is 1.50. The summed E-state index contributed by atoms with van der Waals surface area (Å²) < 4.78 is 0. The van der Waals surface area contributed by atoms with Gasteiger partial charge in [0.25, 0.3) is 0 Å². The number of nitrogens with one attached hydrogen (secondary N) is 1. The van der Waals surface area contributed by atoms with E-state index >= 15 is 0 Å². The lowest BCUT2D eigenvalue weighted by Gasteiger charge is -2.04. The topological polar surface area (TPSA) is 50.4 Å². The summed E-state index contributed by atoms with van der Waals surface area (Å²) in [6.45, 7) is 1.97. The minimum absolute atomic E-state index is 0.725. The summed E-state index contributed by atoms with van der Waals surface area (Å²) >= 11 is 0. The van der Waals surface area contributed by atoms with Crippen molar-refractivity contribution < 1.29 is 0 Å². The van der Waals surface area contributed by atoms with Crippen molar-refractivity contribution >= 4 is 17.1 Å². The van der Waals surface area contributed by atoms with Crippen LogP contribution in [-0.4, -0.2) is 5.71 Å². The van der Waals surface area contributed by atoms with Gasteiger partial charge in [0.05, 0.1) is 11.4 Å². The van der Waals surface area contributed by atoms with Crippen molar-refractivity contribution in [1.82, 2.24) is 0 Å². The van der Waals surface area contributed by atoms with E-state index in [0.717, 1.165) is 22.6 Å². The van der Waals surface area contributed by atoms with Crippen LogP contribution in [0.4, 0.5) is 11.4 Å². The Hall–Kier alpha value is -2.29. The summed E-state index contributed by atoms with van der Waals surface area (Å²) in [5.41, 5.74) is 12.3. The predicted octanol–water partition coefficient (Wildman–Crippen LogP) is 3.10. The standard InChI is InChI=1S/C14H15N3/c1-11(12-6-3-2-4-7-12)16-17-14-9-5-8-13(15)10-14/h2-10,17H,15H2,1H3. The molecule has 0 fully saturated rings. The summed E-state index contributed by atoms with van der Waals surface area (Å²) in [6.07, 6.45) is 0. The van der Waals surface area contributed by atoms with Crippen LogP contribution in [0.15, 0.2) is 59.7 Å². The molecule has 0 aliphatic rings. The molecule has 3 heteroatoms. The minimum atomic E-state index is 0.725. The van der Waals surface area contributed by atoms with Crippen LogP contribution >= 0.6 is 0 Å².